The molecular weight excluding hydrogens is 704 g/mol. The van der Waals surface area contributed by atoms with E-state index in [0.717, 1.165) is 0 Å². The minimum absolute atomic E-state index is 0.00935. The molecule has 55 heavy (non-hydrogen) atoms. The number of fused-ring (bicyclic) bond motifs is 2. The molecule has 0 aliphatic carbocycles. The first-order valence-corrected chi connectivity index (χ1v) is 18.6. The van der Waals surface area contributed by atoms with Crippen LogP contribution in [0, 0.1) is 0 Å². The van der Waals surface area contributed by atoms with Crippen LogP contribution in [0.15, 0.2) is 72.8 Å². The van der Waals surface area contributed by atoms with E-state index in [0.29, 0.717) is 82.8 Å². The number of benzene rings is 4. The number of carbonyl (C=O) groups is 2. The number of hydrogen-bond donors (Lipinski definition) is 4. The first-order valence-electron chi connectivity index (χ1n) is 18.6. The van der Waals surface area contributed by atoms with Crippen LogP contribution in [0.5, 0.6) is 11.5 Å². The van der Waals surface area contributed by atoms with E-state index in [1.807, 2.05) is 48.5 Å². The molecule has 0 aliphatic rings. The van der Waals surface area contributed by atoms with E-state index in [2.05, 4.69) is 20.4 Å². The van der Waals surface area contributed by atoms with Gasteiger partial charge in [-0.2, -0.15) is 0 Å². The second kappa shape index (κ2) is 18.0. The fourth-order valence-electron chi connectivity index (χ4n) is 6.35. The third kappa shape index (κ3) is 9.45. The molecule has 2 aromatic heterocycles. The van der Waals surface area contributed by atoms with Crippen molar-refractivity contribution in [1.82, 2.24) is 30.0 Å². The van der Waals surface area contributed by atoms with Crippen LogP contribution in [0.2, 0.25) is 0 Å². The maximum atomic E-state index is 12.8. The highest BCUT2D eigenvalue weighted by molar-refractivity contribution is 5.75. The van der Waals surface area contributed by atoms with Crippen LogP contribution < -0.4 is 0 Å². The molecule has 288 valence electrons. The first kappa shape index (κ1) is 38.9. The molecule has 2 atom stereocenters. The Balaban J connectivity index is 1.40. The van der Waals surface area contributed by atoms with Crippen LogP contribution in [0.25, 0.3) is 33.4 Å². The van der Waals surface area contributed by atoms with Crippen molar-refractivity contribution in [2.24, 2.45) is 0 Å². The van der Waals surface area contributed by atoms with Crippen LogP contribution in [-0.2, 0) is 25.5 Å². The Morgan fingerprint density at radius 1 is 0.582 bits per heavy atom. The highest BCUT2D eigenvalue weighted by Crippen LogP contribution is 2.38. The van der Waals surface area contributed by atoms with Crippen LogP contribution >= 0.6 is 0 Å². The fraction of sp³-hybridized carbons (Fsp3) is 0.366. The van der Waals surface area contributed by atoms with Crippen molar-refractivity contribution in [2.75, 3.05) is 13.2 Å². The van der Waals surface area contributed by atoms with Gasteiger partial charge in [-0.25, -0.2) is 0 Å². The van der Waals surface area contributed by atoms with Gasteiger partial charge in [-0.05, 0) is 99.2 Å². The number of esters is 2. The summed E-state index contributed by atoms with van der Waals surface area (Å²) >= 11 is 0. The summed E-state index contributed by atoms with van der Waals surface area (Å²) < 4.78 is 11.6. The van der Waals surface area contributed by atoms with E-state index in [9.17, 15) is 19.8 Å². The third-order valence-corrected chi connectivity index (χ3v) is 9.40. The number of aromatic hydroxyl groups is 2. The smallest absolute Gasteiger partial charge is 0.306 e. The fourth-order valence-corrected chi connectivity index (χ4v) is 6.35. The van der Waals surface area contributed by atoms with Gasteiger partial charge in [0.1, 0.15) is 57.1 Å². The van der Waals surface area contributed by atoms with E-state index in [1.165, 1.54) is 9.59 Å². The minimum atomic E-state index is -0.721. The molecule has 0 saturated carbocycles. The average Bonchev–Trinajstić information content (AvgIpc) is 3.81. The van der Waals surface area contributed by atoms with Crippen molar-refractivity contribution < 1.29 is 39.5 Å². The number of aromatic nitrogens is 6. The van der Waals surface area contributed by atoms with Gasteiger partial charge in [0.05, 0.1) is 0 Å². The lowest BCUT2D eigenvalue weighted by molar-refractivity contribution is -0.149. The molecule has 0 radical (unpaired) electrons. The van der Waals surface area contributed by atoms with Gasteiger partial charge in [-0.1, -0.05) is 37.1 Å². The number of nitrogens with zero attached hydrogens (tertiary/aromatic N) is 6. The Kier molecular flexibility index (Phi) is 12.7. The standard InChI is InChI=1S/C41H46N6O8/c1-26(54-38(50)17-5-3-11-19-48)28-21-30(40(52)36(24-28)46-42-32-13-7-8-14-33(32)43-46)23-31-22-29(27(2)55-39(51)18-6-4-12-20-49)25-37(41(31)53)47-44-34-15-9-10-16-35(34)45-47/h7-10,13-16,21-22,24-27,48-49,52-53H,3-6,11-12,17-20,23H2,1-2H3. The number of aliphatic hydroxyl groups excluding tert-OH is 2. The highest BCUT2D eigenvalue weighted by Gasteiger charge is 2.24. The molecule has 0 saturated heterocycles. The number of carbonyl (C=O) groups excluding carboxylic acids is 2. The molecule has 14 nitrogen and oxygen atoms in total. The van der Waals surface area contributed by atoms with Gasteiger partial charge in [0.25, 0.3) is 0 Å². The topological polar surface area (TPSA) is 195 Å². The summed E-state index contributed by atoms with van der Waals surface area (Å²) in [4.78, 5) is 28.3. The molecule has 14 heteroatoms. The average molecular weight is 751 g/mol. The third-order valence-electron chi connectivity index (χ3n) is 9.40. The zero-order valence-electron chi connectivity index (χ0n) is 31.0. The molecule has 0 fully saturated rings. The van der Waals surface area contributed by atoms with E-state index in [1.54, 1.807) is 38.1 Å². The first-order chi connectivity index (χ1) is 26.6. The number of phenols is 2. The molecule has 0 amide bonds. The summed E-state index contributed by atoms with van der Waals surface area (Å²) in [6.45, 7) is 3.60. The molecule has 0 spiro atoms. The lowest BCUT2D eigenvalue weighted by Crippen LogP contribution is -2.12. The predicted octanol–water partition coefficient (Wildman–Crippen LogP) is 6.47. The summed E-state index contributed by atoms with van der Waals surface area (Å²) in [6, 6.07) is 21.4. The Labute approximate surface area is 317 Å². The van der Waals surface area contributed by atoms with E-state index >= 15 is 0 Å². The van der Waals surface area contributed by atoms with Crippen molar-refractivity contribution in [2.45, 2.75) is 83.8 Å². The molecule has 2 unspecified atom stereocenters. The molecule has 0 bridgehead atoms. The Bertz CT molecular complexity index is 2040. The van der Waals surface area contributed by atoms with Crippen molar-refractivity contribution in [1.29, 1.82) is 0 Å². The van der Waals surface area contributed by atoms with Crippen molar-refractivity contribution in [3.8, 4) is 22.9 Å². The van der Waals surface area contributed by atoms with Crippen LogP contribution in [0.1, 0.15) is 99.7 Å². The highest BCUT2D eigenvalue weighted by atomic mass is 16.5. The minimum Gasteiger partial charge on any atom is -0.505 e. The molecular formula is C41H46N6O8. The van der Waals surface area contributed by atoms with E-state index in [-0.39, 0.29) is 55.4 Å². The molecule has 4 aromatic carbocycles. The Hall–Kier alpha value is -5.86. The van der Waals surface area contributed by atoms with E-state index in [4.69, 9.17) is 19.7 Å². The van der Waals surface area contributed by atoms with Gasteiger partial charge in [-0.15, -0.1) is 30.0 Å². The predicted molar refractivity (Wildman–Crippen MR) is 204 cm³/mol. The molecule has 6 aromatic rings. The van der Waals surface area contributed by atoms with Crippen molar-refractivity contribution in [3.05, 3.63) is 95.1 Å². The molecule has 6 rings (SSSR count). The van der Waals surface area contributed by atoms with Crippen LogP contribution in [0.3, 0.4) is 0 Å². The summed E-state index contributed by atoms with van der Waals surface area (Å²) in [6.07, 6.45) is 2.71. The summed E-state index contributed by atoms with van der Waals surface area (Å²) in [5, 5.41) is 60.2. The number of aliphatic hydroxyl groups is 2. The normalized spacial score (nSPS) is 12.6. The summed E-state index contributed by atoms with van der Waals surface area (Å²) in [5.41, 5.74) is 4.83. The maximum Gasteiger partial charge on any atom is 0.306 e. The number of unbranched alkanes of at least 4 members (excludes halogenated alkanes) is 4. The SMILES string of the molecule is CC(OC(=O)CCCCCO)c1cc(Cc2cc(C(C)OC(=O)CCCCCO)cc(-n3nc4ccccc4n3)c2O)c(O)c(-n2nc3ccccc3n2)c1. The van der Waals surface area contributed by atoms with Gasteiger partial charge in [0.15, 0.2) is 0 Å². The van der Waals surface area contributed by atoms with Crippen LogP contribution in [0.4, 0.5) is 0 Å². The summed E-state index contributed by atoms with van der Waals surface area (Å²) in [7, 11) is 0. The lowest BCUT2D eigenvalue weighted by Gasteiger charge is -2.20. The Morgan fingerprint density at radius 2 is 0.945 bits per heavy atom. The summed E-state index contributed by atoms with van der Waals surface area (Å²) in [5.74, 6) is -1.09. The zero-order chi connectivity index (χ0) is 38.9. The number of phenolic OH excluding ortho intramolecular Hbond substituents is 2. The monoisotopic (exact) mass is 750 g/mol. The van der Waals surface area contributed by atoms with Crippen LogP contribution in [-0.4, -0.2) is 75.6 Å². The quantitative estimate of drug-likeness (QED) is 0.0553. The number of rotatable bonds is 18. The number of ether oxygens (including phenoxy) is 2. The Morgan fingerprint density at radius 3 is 1.29 bits per heavy atom. The van der Waals surface area contributed by atoms with Gasteiger partial charge in [0.2, 0.25) is 0 Å². The van der Waals surface area contributed by atoms with Gasteiger partial charge >= 0.3 is 11.9 Å². The van der Waals surface area contributed by atoms with Gasteiger partial charge in [0, 0.05) is 43.6 Å². The molecule has 0 aliphatic heterocycles. The zero-order valence-corrected chi connectivity index (χ0v) is 31.0. The van der Waals surface area contributed by atoms with Gasteiger partial charge < -0.3 is 29.9 Å². The molecule has 2 heterocycles. The van der Waals surface area contributed by atoms with Crippen molar-refractivity contribution in [3.63, 3.8) is 0 Å². The maximum absolute atomic E-state index is 12.8. The van der Waals surface area contributed by atoms with Crippen molar-refractivity contribution >= 4 is 34.0 Å². The number of hydrogen-bond acceptors (Lipinski definition) is 12. The second-order valence-corrected chi connectivity index (χ2v) is 13.6. The second-order valence-electron chi connectivity index (χ2n) is 13.6. The lowest BCUT2D eigenvalue weighted by atomic mass is 9.95. The van der Waals surface area contributed by atoms with Gasteiger partial charge in [-0.3, -0.25) is 9.59 Å². The van der Waals surface area contributed by atoms with E-state index < -0.39 is 24.1 Å². The molecule has 4 N–H and O–H groups in total. The largest absolute Gasteiger partial charge is 0.505 e.